The lowest BCUT2D eigenvalue weighted by Gasteiger charge is -2.25. The van der Waals surface area contributed by atoms with Crippen LogP contribution in [0.5, 0.6) is 0 Å². The van der Waals surface area contributed by atoms with Crippen molar-refractivity contribution in [2.75, 3.05) is 11.9 Å². The monoisotopic (exact) mass is 252 g/mol. The fourth-order valence-corrected chi connectivity index (χ4v) is 2.60. The Labute approximate surface area is 106 Å². The van der Waals surface area contributed by atoms with E-state index in [0.29, 0.717) is 11.6 Å². The standard InChI is InChI=1S/C13H17ClN2O/c14-10-4-3-5-11(8-10)16-12(17)13(9-15)6-1-2-7-13/h3-5,8H,1-2,6-7,9,15H2,(H,16,17). The van der Waals surface area contributed by atoms with Crippen molar-refractivity contribution in [3.8, 4) is 0 Å². The van der Waals surface area contributed by atoms with Crippen LogP contribution in [0, 0.1) is 5.41 Å². The summed E-state index contributed by atoms with van der Waals surface area (Å²) < 4.78 is 0. The zero-order valence-corrected chi connectivity index (χ0v) is 10.5. The van der Waals surface area contributed by atoms with Gasteiger partial charge in [0, 0.05) is 17.3 Å². The fraction of sp³-hybridized carbons (Fsp3) is 0.462. The summed E-state index contributed by atoms with van der Waals surface area (Å²) in [5, 5.41) is 3.53. The first kappa shape index (κ1) is 12.4. The SMILES string of the molecule is NCC1(C(=O)Nc2cccc(Cl)c2)CCCC1. The van der Waals surface area contributed by atoms with E-state index in [2.05, 4.69) is 5.32 Å². The zero-order chi connectivity index (χ0) is 12.3. The van der Waals surface area contributed by atoms with Gasteiger partial charge in [-0.3, -0.25) is 4.79 Å². The van der Waals surface area contributed by atoms with Crippen LogP contribution in [0.3, 0.4) is 0 Å². The molecule has 0 aliphatic heterocycles. The van der Waals surface area contributed by atoms with E-state index in [1.165, 1.54) is 0 Å². The van der Waals surface area contributed by atoms with Gasteiger partial charge in [-0.25, -0.2) is 0 Å². The third-order valence-electron chi connectivity index (χ3n) is 3.52. The number of halogens is 1. The lowest BCUT2D eigenvalue weighted by atomic mass is 9.85. The third-order valence-corrected chi connectivity index (χ3v) is 3.75. The molecule has 1 aliphatic carbocycles. The average molecular weight is 253 g/mol. The summed E-state index contributed by atoms with van der Waals surface area (Å²) in [5.41, 5.74) is 6.13. The molecule has 0 spiro atoms. The lowest BCUT2D eigenvalue weighted by molar-refractivity contribution is -0.124. The van der Waals surface area contributed by atoms with Crippen molar-refractivity contribution in [2.24, 2.45) is 11.1 Å². The predicted molar refractivity (Wildman–Crippen MR) is 70.0 cm³/mol. The Hall–Kier alpha value is -1.06. The van der Waals surface area contributed by atoms with Crippen LogP contribution in [0.15, 0.2) is 24.3 Å². The highest BCUT2D eigenvalue weighted by Gasteiger charge is 2.39. The molecule has 3 nitrogen and oxygen atoms in total. The minimum Gasteiger partial charge on any atom is -0.329 e. The van der Waals surface area contributed by atoms with Gasteiger partial charge in [0.1, 0.15) is 0 Å². The van der Waals surface area contributed by atoms with Crippen molar-refractivity contribution in [3.05, 3.63) is 29.3 Å². The Kier molecular flexibility index (Phi) is 3.69. The lowest BCUT2D eigenvalue weighted by Crippen LogP contribution is -2.40. The van der Waals surface area contributed by atoms with Crippen molar-refractivity contribution in [1.82, 2.24) is 0 Å². The van der Waals surface area contributed by atoms with E-state index in [9.17, 15) is 4.79 Å². The van der Waals surface area contributed by atoms with Gasteiger partial charge in [-0.05, 0) is 31.0 Å². The molecular weight excluding hydrogens is 236 g/mol. The number of carbonyl (C=O) groups is 1. The molecule has 0 aromatic heterocycles. The maximum absolute atomic E-state index is 12.2. The second-order valence-electron chi connectivity index (χ2n) is 4.66. The zero-order valence-electron chi connectivity index (χ0n) is 9.71. The number of hydrogen-bond donors (Lipinski definition) is 2. The molecule has 4 heteroatoms. The Morgan fingerprint density at radius 1 is 1.41 bits per heavy atom. The topological polar surface area (TPSA) is 55.1 Å². The molecule has 0 radical (unpaired) electrons. The van der Waals surface area contributed by atoms with Gasteiger partial charge in [-0.1, -0.05) is 30.5 Å². The van der Waals surface area contributed by atoms with Crippen molar-refractivity contribution in [3.63, 3.8) is 0 Å². The molecule has 0 bridgehead atoms. The van der Waals surface area contributed by atoms with Crippen molar-refractivity contribution >= 4 is 23.2 Å². The number of carbonyl (C=O) groups excluding carboxylic acids is 1. The van der Waals surface area contributed by atoms with Gasteiger partial charge in [0.2, 0.25) is 5.91 Å². The maximum Gasteiger partial charge on any atom is 0.231 e. The summed E-state index contributed by atoms with van der Waals surface area (Å²) in [6, 6.07) is 7.19. The highest BCUT2D eigenvalue weighted by molar-refractivity contribution is 6.30. The Balaban J connectivity index is 2.10. The Bertz CT molecular complexity index is 414. The molecule has 1 aliphatic rings. The summed E-state index contributed by atoms with van der Waals surface area (Å²) in [7, 11) is 0. The van der Waals surface area contributed by atoms with Crippen LogP contribution >= 0.6 is 11.6 Å². The molecular formula is C13H17ClN2O. The van der Waals surface area contributed by atoms with Crippen molar-refractivity contribution in [2.45, 2.75) is 25.7 Å². The number of nitrogens with two attached hydrogens (primary N) is 1. The molecule has 1 amide bonds. The molecule has 1 fully saturated rings. The molecule has 0 heterocycles. The minimum atomic E-state index is -0.373. The number of anilines is 1. The van der Waals surface area contributed by atoms with E-state index < -0.39 is 0 Å². The first-order valence-electron chi connectivity index (χ1n) is 5.93. The van der Waals surface area contributed by atoms with Crippen LogP contribution < -0.4 is 11.1 Å². The Morgan fingerprint density at radius 3 is 2.71 bits per heavy atom. The molecule has 0 unspecified atom stereocenters. The second-order valence-corrected chi connectivity index (χ2v) is 5.09. The van der Waals surface area contributed by atoms with E-state index in [4.69, 9.17) is 17.3 Å². The molecule has 1 aromatic carbocycles. The first-order valence-corrected chi connectivity index (χ1v) is 6.31. The van der Waals surface area contributed by atoms with E-state index in [1.807, 2.05) is 12.1 Å². The molecule has 2 rings (SSSR count). The van der Waals surface area contributed by atoms with Gasteiger partial charge in [0.05, 0.1) is 5.41 Å². The highest BCUT2D eigenvalue weighted by atomic mass is 35.5. The van der Waals surface area contributed by atoms with Gasteiger partial charge >= 0.3 is 0 Å². The fourth-order valence-electron chi connectivity index (χ4n) is 2.41. The van der Waals surface area contributed by atoms with Crippen molar-refractivity contribution in [1.29, 1.82) is 0 Å². The molecule has 0 saturated heterocycles. The summed E-state index contributed by atoms with van der Waals surface area (Å²) in [6.07, 6.45) is 3.94. The molecule has 3 N–H and O–H groups in total. The van der Waals surface area contributed by atoms with Crippen LogP contribution in [0.2, 0.25) is 5.02 Å². The summed E-state index contributed by atoms with van der Waals surface area (Å²) >= 11 is 5.88. The number of amides is 1. The van der Waals surface area contributed by atoms with Crippen LogP contribution in [-0.2, 0) is 4.79 Å². The molecule has 92 valence electrons. The van der Waals surface area contributed by atoms with Gasteiger partial charge < -0.3 is 11.1 Å². The average Bonchev–Trinajstić information content (AvgIpc) is 2.78. The Morgan fingerprint density at radius 2 is 2.12 bits per heavy atom. The molecule has 1 saturated carbocycles. The highest BCUT2D eigenvalue weighted by Crippen LogP contribution is 2.38. The second kappa shape index (κ2) is 5.07. The van der Waals surface area contributed by atoms with Gasteiger partial charge in [0.15, 0.2) is 0 Å². The quantitative estimate of drug-likeness (QED) is 0.869. The van der Waals surface area contributed by atoms with Gasteiger partial charge in [-0.15, -0.1) is 0 Å². The van der Waals surface area contributed by atoms with Crippen LogP contribution in [0.4, 0.5) is 5.69 Å². The van der Waals surface area contributed by atoms with Crippen LogP contribution in [0.25, 0.3) is 0 Å². The van der Waals surface area contributed by atoms with Crippen molar-refractivity contribution < 1.29 is 4.79 Å². The van der Waals surface area contributed by atoms with E-state index >= 15 is 0 Å². The third kappa shape index (κ3) is 2.61. The maximum atomic E-state index is 12.2. The summed E-state index contributed by atoms with van der Waals surface area (Å²) in [6.45, 7) is 0.416. The van der Waals surface area contributed by atoms with Gasteiger partial charge in [-0.2, -0.15) is 0 Å². The summed E-state index contributed by atoms with van der Waals surface area (Å²) in [4.78, 5) is 12.2. The first-order chi connectivity index (χ1) is 8.16. The van der Waals surface area contributed by atoms with Crippen LogP contribution in [-0.4, -0.2) is 12.5 Å². The number of hydrogen-bond acceptors (Lipinski definition) is 2. The van der Waals surface area contributed by atoms with Crippen LogP contribution in [0.1, 0.15) is 25.7 Å². The van der Waals surface area contributed by atoms with E-state index in [0.717, 1.165) is 31.4 Å². The molecule has 0 atom stereocenters. The smallest absolute Gasteiger partial charge is 0.231 e. The summed E-state index contributed by atoms with van der Waals surface area (Å²) in [5.74, 6) is 0.0276. The molecule has 17 heavy (non-hydrogen) atoms. The number of nitrogens with one attached hydrogen (secondary N) is 1. The normalized spacial score (nSPS) is 18.0. The molecule has 1 aromatic rings. The number of rotatable bonds is 3. The van der Waals surface area contributed by atoms with E-state index in [1.54, 1.807) is 12.1 Å². The largest absolute Gasteiger partial charge is 0.329 e. The van der Waals surface area contributed by atoms with Gasteiger partial charge in [0.25, 0.3) is 0 Å². The minimum absolute atomic E-state index is 0.0276. The predicted octanol–water partition coefficient (Wildman–Crippen LogP) is 2.80. The van der Waals surface area contributed by atoms with E-state index in [-0.39, 0.29) is 11.3 Å². The number of benzene rings is 1.